The quantitative estimate of drug-likeness (QED) is 0.404. The van der Waals surface area contributed by atoms with Crippen LogP contribution in [0.4, 0.5) is 22.7 Å². The summed E-state index contributed by atoms with van der Waals surface area (Å²) in [5, 5.41) is 28.5. The lowest BCUT2D eigenvalue weighted by Crippen LogP contribution is -2.22. The first-order chi connectivity index (χ1) is 12.5. The molecule has 0 fully saturated rings. The van der Waals surface area contributed by atoms with E-state index in [0.29, 0.717) is 23.6 Å². The third-order valence-corrected chi connectivity index (χ3v) is 3.70. The summed E-state index contributed by atoms with van der Waals surface area (Å²) in [5.41, 5.74) is 2.73. The molecule has 2 aromatic rings. The summed E-state index contributed by atoms with van der Waals surface area (Å²) in [6, 6.07) is 11.8. The molecule has 0 radical (unpaired) electrons. The predicted octanol–water partition coefficient (Wildman–Crippen LogP) is 2.61. The number of hydrogen-bond acceptors (Lipinski definition) is 6. The molecule has 26 heavy (non-hydrogen) atoms. The van der Waals surface area contributed by atoms with Crippen LogP contribution in [0.2, 0.25) is 0 Å². The fourth-order valence-corrected chi connectivity index (χ4v) is 2.39. The van der Waals surface area contributed by atoms with Crippen molar-refractivity contribution in [2.75, 3.05) is 35.6 Å². The maximum absolute atomic E-state index is 12.2. The summed E-state index contributed by atoms with van der Waals surface area (Å²) < 4.78 is 0. The Labute approximate surface area is 151 Å². The molecule has 8 heteroatoms. The van der Waals surface area contributed by atoms with Crippen LogP contribution >= 0.6 is 0 Å². The third kappa shape index (κ3) is 5.45. The van der Waals surface area contributed by atoms with Gasteiger partial charge in [-0.05, 0) is 30.2 Å². The molecule has 0 aliphatic heterocycles. The zero-order valence-electron chi connectivity index (χ0n) is 14.5. The van der Waals surface area contributed by atoms with E-state index in [1.54, 1.807) is 12.1 Å². The second kappa shape index (κ2) is 9.38. The molecule has 0 bridgehead atoms. The Hall–Kier alpha value is -3.13. The molecule has 4 N–H and O–H groups in total. The van der Waals surface area contributed by atoms with Crippen LogP contribution in [0.25, 0.3) is 0 Å². The van der Waals surface area contributed by atoms with Gasteiger partial charge in [0.2, 0.25) is 5.91 Å². The van der Waals surface area contributed by atoms with Gasteiger partial charge in [-0.15, -0.1) is 0 Å². The van der Waals surface area contributed by atoms with Gasteiger partial charge in [0.1, 0.15) is 0 Å². The predicted molar refractivity (Wildman–Crippen MR) is 102 cm³/mol. The minimum atomic E-state index is -0.503. The van der Waals surface area contributed by atoms with E-state index in [4.69, 9.17) is 5.11 Å². The minimum absolute atomic E-state index is 0.0503. The maximum atomic E-state index is 12.2. The number of carbonyl (C=O) groups is 1. The number of nitrogens with one attached hydrogen (secondary N) is 3. The van der Waals surface area contributed by atoms with Crippen molar-refractivity contribution < 1.29 is 14.8 Å². The average Bonchev–Trinajstić information content (AvgIpc) is 2.65. The van der Waals surface area contributed by atoms with Gasteiger partial charge in [-0.3, -0.25) is 14.9 Å². The number of amides is 1. The highest BCUT2D eigenvalue weighted by Gasteiger charge is 2.12. The van der Waals surface area contributed by atoms with Crippen molar-refractivity contribution in [3.63, 3.8) is 0 Å². The summed E-state index contributed by atoms with van der Waals surface area (Å²) in [6.07, 6.45) is 0.871. The molecular weight excluding hydrogens is 336 g/mol. The maximum Gasteiger partial charge on any atom is 0.271 e. The van der Waals surface area contributed by atoms with Crippen LogP contribution in [0.3, 0.4) is 0 Å². The standard InChI is InChI=1S/C18H22N4O4/c1-2-13-4-3-5-14(10-13)21-18(24)12-20-17-11-15(22(25)26)6-7-16(17)19-8-9-23/h3-7,10-11,19-20,23H,2,8-9,12H2,1H3,(H,21,24). The Kier molecular flexibility index (Phi) is 6.92. The first-order valence-corrected chi connectivity index (χ1v) is 8.29. The molecule has 138 valence electrons. The van der Waals surface area contributed by atoms with Gasteiger partial charge in [0.25, 0.3) is 5.69 Å². The Morgan fingerprint density at radius 1 is 1.15 bits per heavy atom. The van der Waals surface area contributed by atoms with Gasteiger partial charge in [-0.2, -0.15) is 0 Å². The van der Waals surface area contributed by atoms with Crippen molar-refractivity contribution in [1.29, 1.82) is 0 Å². The second-order valence-corrected chi connectivity index (χ2v) is 5.59. The number of rotatable bonds is 9. The van der Waals surface area contributed by atoms with Crippen LogP contribution in [0.5, 0.6) is 0 Å². The fourth-order valence-electron chi connectivity index (χ4n) is 2.39. The number of nitro groups is 1. The summed E-state index contributed by atoms with van der Waals surface area (Å²) in [5.74, 6) is -0.266. The number of carbonyl (C=O) groups excluding carboxylic acids is 1. The Balaban J connectivity index is 2.05. The molecule has 0 saturated heterocycles. The molecule has 8 nitrogen and oxygen atoms in total. The molecule has 0 spiro atoms. The number of non-ortho nitro benzene ring substituents is 1. The summed E-state index contributed by atoms with van der Waals surface area (Å²) in [6.45, 7) is 2.20. The highest BCUT2D eigenvalue weighted by atomic mass is 16.6. The molecule has 0 saturated carbocycles. The summed E-state index contributed by atoms with van der Waals surface area (Å²) >= 11 is 0. The lowest BCUT2D eigenvalue weighted by Gasteiger charge is -2.13. The number of aliphatic hydroxyl groups excluding tert-OH is 1. The molecular formula is C18H22N4O4. The van der Waals surface area contributed by atoms with E-state index in [-0.39, 0.29) is 24.7 Å². The smallest absolute Gasteiger partial charge is 0.271 e. The van der Waals surface area contributed by atoms with E-state index >= 15 is 0 Å². The molecule has 0 heterocycles. The zero-order valence-corrected chi connectivity index (χ0v) is 14.5. The second-order valence-electron chi connectivity index (χ2n) is 5.59. The van der Waals surface area contributed by atoms with Crippen LogP contribution < -0.4 is 16.0 Å². The first kappa shape index (κ1) is 19.2. The highest BCUT2D eigenvalue weighted by molar-refractivity contribution is 5.94. The lowest BCUT2D eigenvalue weighted by atomic mass is 10.1. The number of nitro benzene ring substituents is 1. The number of aryl methyl sites for hydroxylation is 1. The van der Waals surface area contributed by atoms with Gasteiger partial charge in [0, 0.05) is 24.4 Å². The summed E-state index contributed by atoms with van der Waals surface area (Å²) in [4.78, 5) is 22.6. The lowest BCUT2D eigenvalue weighted by molar-refractivity contribution is -0.384. The Bertz CT molecular complexity index is 780. The molecule has 2 aromatic carbocycles. The highest BCUT2D eigenvalue weighted by Crippen LogP contribution is 2.26. The molecule has 0 aliphatic carbocycles. The summed E-state index contributed by atoms with van der Waals surface area (Å²) in [7, 11) is 0. The zero-order chi connectivity index (χ0) is 18.9. The number of benzene rings is 2. The van der Waals surface area contributed by atoms with Crippen LogP contribution in [0.15, 0.2) is 42.5 Å². The van der Waals surface area contributed by atoms with E-state index in [1.165, 1.54) is 12.1 Å². The topological polar surface area (TPSA) is 117 Å². The largest absolute Gasteiger partial charge is 0.395 e. The number of hydrogen-bond donors (Lipinski definition) is 4. The van der Waals surface area contributed by atoms with Gasteiger partial charge in [-0.1, -0.05) is 19.1 Å². The normalized spacial score (nSPS) is 10.2. The van der Waals surface area contributed by atoms with E-state index in [1.807, 2.05) is 25.1 Å². The SMILES string of the molecule is CCc1cccc(NC(=O)CNc2cc([N+](=O)[O-])ccc2NCCO)c1. The van der Waals surface area contributed by atoms with Crippen molar-refractivity contribution in [1.82, 2.24) is 0 Å². The molecule has 0 unspecified atom stereocenters. The monoisotopic (exact) mass is 358 g/mol. The molecule has 1 amide bonds. The van der Waals surface area contributed by atoms with E-state index in [2.05, 4.69) is 16.0 Å². The number of aliphatic hydroxyl groups is 1. The molecule has 0 atom stereocenters. The van der Waals surface area contributed by atoms with E-state index in [0.717, 1.165) is 12.0 Å². The van der Waals surface area contributed by atoms with Gasteiger partial charge < -0.3 is 21.1 Å². The van der Waals surface area contributed by atoms with Crippen molar-refractivity contribution in [2.45, 2.75) is 13.3 Å². The van der Waals surface area contributed by atoms with E-state index < -0.39 is 4.92 Å². The third-order valence-electron chi connectivity index (χ3n) is 3.70. The van der Waals surface area contributed by atoms with Gasteiger partial charge in [0.15, 0.2) is 0 Å². The van der Waals surface area contributed by atoms with Gasteiger partial charge in [0.05, 0.1) is 29.4 Å². The molecule has 0 aliphatic rings. The van der Waals surface area contributed by atoms with Crippen LogP contribution in [-0.4, -0.2) is 35.6 Å². The van der Waals surface area contributed by atoms with Crippen molar-refractivity contribution >= 4 is 28.7 Å². The van der Waals surface area contributed by atoms with E-state index in [9.17, 15) is 14.9 Å². The number of nitrogens with zero attached hydrogens (tertiary/aromatic N) is 1. The van der Waals surface area contributed by atoms with Crippen LogP contribution in [0.1, 0.15) is 12.5 Å². The van der Waals surface area contributed by atoms with Crippen molar-refractivity contribution in [2.24, 2.45) is 0 Å². The minimum Gasteiger partial charge on any atom is -0.395 e. The number of anilines is 3. The molecule has 0 aromatic heterocycles. The van der Waals surface area contributed by atoms with Crippen molar-refractivity contribution in [3.8, 4) is 0 Å². The van der Waals surface area contributed by atoms with Crippen molar-refractivity contribution in [3.05, 3.63) is 58.1 Å². The molecule has 2 rings (SSSR count). The first-order valence-electron chi connectivity index (χ1n) is 8.29. The Morgan fingerprint density at radius 3 is 2.65 bits per heavy atom. The van der Waals surface area contributed by atoms with Crippen LogP contribution in [0, 0.1) is 10.1 Å². The van der Waals surface area contributed by atoms with Crippen LogP contribution in [-0.2, 0) is 11.2 Å². The average molecular weight is 358 g/mol. The van der Waals surface area contributed by atoms with Gasteiger partial charge >= 0.3 is 0 Å². The Morgan fingerprint density at radius 2 is 1.96 bits per heavy atom. The fraction of sp³-hybridized carbons (Fsp3) is 0.278. The van der Waals surface area contributed by atoms with Gasteiger partial charge in [-0.25, -0.2) is 0 Å².